The van der Waals surface area contributed by atoms with Crippen molar-refractivity contribution in [1.82, 2.24) is 15.0 Å². The molecule has 11 nitrogen and oxygen atoms in total. The highest BCUT2D eigenvalue weighted by atomic mass is 15.1. The summed E-state index contributed by atoms with van der Waals surface area (Å²) in [5.41, 5.74) is 8.17. The van der Waals surface area contributed by atoms with Crippen molar-refractivity contribution < 1.29 is 0 Å². The van der Waals surface area contributed by atoms with Crippen LogP contribution in [0, 0.1) is 6.92 Å². The molecule has 0 bridgehead atoms. The van der Waals surface area contributed by atoms with Crippen molar-refractivity contribution in [3.8, 4) is 0 Å². The van der Waals surface area contributed by atoms with Gasteiger partial charge in [0.1, 0.15) is 17.5 Å². The molecule has 0 saturated carbocycles. The van der Waals surface area contributed by atoms with Crippen LogP contribution in [0.25, 0.3) is 0 Å². The Balaban J connectivity index is 0.911. The minimum Gasteiger partial charge on any atom is -0.218 e. The molecule has 0 radical (unpaired) electrons. The number of azo groups is 4. The average Bonchev–Trinajstić information content (AvgIpc) is 3.20. The van der Waals surface area contributed by atoms with Crippen molar-refractivity contribution in [3.05, 3.63) is 186 Å². The Morgan fingerprint density at radius 2 is 0.547 bits per heavy atom. The van der Waals surface area contributed by atoms with E-state index < -0.39 is 0 Å². The molecule has 1 aromatic heterocycles. The van der Waals surface area contributed by atoms with Crippen LogP contribution in [0.15, 0.2) is 199 Å². The van der Waals surface area contributed by atoms with E-state index in [9.17, 15) is 0 Å². The van der Waals surface area contributed by atoms with Crippen LogP contribution in [-0.4, -0.2) is 15.0 Å². The zero-order chi connectivity index (χ0) is 36.1. The molecule has 0 fully saturated rings. The lowest BCUT2D eigenvalue weighted by atomic mass is 10.1. The Morgan fingerprint density at radius 1 is 0.302 bits per heavy atom. The highest BCUT2D eigenvalue weighted by Crippen LogP contribution is 2.26. The van der Waals surface area contributed by atoms with E-state index in [1.807, 2.05) is 165 Å². The molecule has 0 atom stereocenters. The first-order valence-corrected chi connectivity index (χ1v) is 17.0. The minimum atomic E-state index is 0.572. The Morgan fingerprint density at radius 3 is 0.830 bits per heavy atom. The molecule has 11 heteroatoms. The van der Waals surface area contributed by atoms with E-state index in [-0.39, 0.29) is 0 Å². The van der Waals surface area contributed by atoms with E-state index in [1.165, 1.54) is 0 Å². The summed E-state index contributed by atoms with van der Waals surface area (Å²) in [6, 6.07) is 49.9. The topological polar surface area (TPSA) is 138 Å². The predicted molar refractivity (Wildman–Crippen MR) is 206 cm³/mol. The summed E-state index contributed by atoms with van der Waals surface area (Å²) in [5.74, 6) is 2.11. The van der Waals surface area contributed by atoms with Gasteiger partial charge in [-0.05, 0) is 115 Å². The quantitative estimate of drug-likeness (QED) is 0.118. The lowest BCUT2D eigenvalue weighted by Crippen LogP contribution is -2.06. The number of benzene rings is 6. The first kappa shape index (κ1) is 34.2. The van der Waals surface area contributed by atoms with Crippen molar-refractivity contribution in [2.45, 2.75) is 19.8 Å². The van der Waals surface area contributed by atoms with E-state index in [4.69, 9.17) is 4.98 Å². The number of nitrogens with zero attached hydrogens (tertiary/aromatic N) is 11. The Kier molecular flexibility index (Phi) is 11.0. The van der Waals surface area contributed by atoms with E-state index in [0.29, 0.717) is 30.3 Å². The van der Waals surface area contributed by atoms with Crippen LogP contribution >= 0.6 is 0 Å². The zero-order valence-corrected chi connectivity index (χ0v) is 28.8. The van der Waals surface area contributed by atoms with Crippen LogP contribution in [0.4, 0.5) is 45.5 Å². The maximum atomic E-state index is 4.76. The molecule has 0 spiro atoms. The van der Waals surface area contributed by atoms with Crippen molar-refractivity contribution in [2.24, 2.45) is 40.9 Å². The number of rotatable bonds is 12. The van der Waals surface area contributed by atoms with Gasteiger partial charge < -0.3 is 0 Å². The van der Waals surface area contributed by atoms with Crippen LogP contribution < -0.4 is 0 Å². The van der Waals surface area contributed by atoms with Crippen LogP contribution in [0.5, 0.6) is 0 Å². The predicted octanol–water partition coefficient (Wildman–Crippen LogP) is 13.0. The van der Waals surface area contributed by atoms with Crippen molar-refractivity contribution in [1.29, 1.82) is 0 Å². The molecule has 7 aromatic rings. The van der Waals surface area contributed by atoms with Crippen LogP contribution in [-0.2, 0) is 12.8 Å². The third-order valence-electron chi connectivity index (χ3n) is 7.77. The molecule has 0 saturated heterocycles. The van der Waals surface area contributed by atoms with E-state index in [1.54, 1.807) is 0 Å². The molecule has 0 unspecified atom stereocenters. The molecule has 0 aliphatic carbocycles. The smallest absolute Gasteiger partial charge is 0.136 e. The van der Waals surface area contributed by atoms with Gasteiger partial charge in [-0.2, -0.15) is 40.9 Å². The fourth-order valence-electron chi connectivity index (χ4n) is 5.10. The summed E-state index contributed by atoms with van der Waals surface area (Å²) < 4.78 is 0. The lowest BCUT2D eigenvalue weighted by Gasteiger charge is -2.06. The van der Waals surface area contributed by atoms with Crippen molar-refractivity contribution in [2.75, 3.05) is 0 Å². The first-order chi connectivity index (χ1) is 26.1. The molecular weight excluding hydrogens is 659 g/mol. The van der Waals surface area contributed by atoms with E-state index in [0.717, 1.165) is 56.6 Å². The van der Waals surface area contributed by atoms with Crippen molar-refractivity contribution in [3.63, 3.8) is 0 Å². The summed E-state index contributed by atoms with van der Waals surface area (Å²) in [6.07, 6.45) is 1.14. The maximum absolute atomic E-state index is 4.76. The van der Waals surface area contributed by atoms with Gasteiger partial charge in [0.2, 0.25) is 0 Å². The number of aryl methyl sites for hydroxylation is 1. The summed E-state index contributed by atoms with van der Waals surface area (Å²) >= 11 is 0. The number of aromatic nitrogens is 3. The van der Waals surface area contributed by atoms with Crippen molar-refractivity contribution >= 4 is 45.5 Å². The van der Waals surface area contributed by atoms with Crippen LogP contribution in [0.3, 0.4) is 0 Å². The second-order valence-corrected chi connectivity index (χ2v) is 11.9. The van der Waals surface area contributed by atoms with Gasteiger partial charge in [0.25, 0.3) is 0 Å². The molecule has 256 valence electrons. The molecule has 7 rings (SSSR count). The van der Waals surface area contributed by atoms with Gasteiger partial charge >= 0.3 is 0 Å². The van der Waals surface area contributed by atoms with E-state index >= 15 is 0 Å². The van der Waals surface area contributed by atoms with Gasteiger partial charge in [-0.15, -0.1) is 0 Å². The summed E-state index contributed by atoms with van der Waals surface area (Å²) in [6.45, 7) is 1.89. The second kappa shape index (κ2) is 17.1. The fraction of sp³-hybridized carbons (Fsp3) is 0.0714. The van der Waals surface area contributed by atoms with Gasteiger partial charge in [-0.3, -0.25) is 0 Å². The SMILES string of the molecule is Cc1nc(Cc2ccc(N=Nc3ccc(N=Nc4ccccc4)cc3)cc2)nc(Cc2ccc(N=Nc3ccc(N=Nc4ccccc4)cc3)cc2)n1. The zero-order valence-electron chi connectivity index (χ0n) is 28.8. The Labute approximate surface area is 306 Å². The highest BCUT2D eigenvalue weighted by Gasteiger charge is 2.07. The Hall–Kier alpha value is -7.27. The minimum absolute atomic E-state index is 0.572. The Bertz CT molecular complexity index is 2190. The molecule has 0 aliphatic rings. The molecule has 0 aliphatic heterocycles. The first-order valence-electron chi connectivity index (χ1n) is 17.0. The monoisotopic (exact) mass is 691 g/mol. The second-order valence-electron chi connectivity index (χ2n) is 11.9. The highest BCUT2D eigenvalue weighted by molar-refractivity contribution is 5.50. The molecule has 0 N–H and O–H groups in total. The molecule has 1 heterocycles. The van der Waals surface area contributed by atoms with Gasteiger partial charge in [-0.1, -0.05) is 60.7 Å². The fourth-order valence-corrected chi connectivity index (χ4v) is 5.10. The van der Waals surface area contributed by atoms with E-state index in [2.05, 4.69) is 50.9 Å². The summed E-state index contributed by atoms with van der Waals surface area (Å²) in [5, 5.41) is 34.5. The third-order valence-corrected chi connectivity index (χ3v) is 7.77. The van der Waals surface area contributed by atoms with Gasteiger partial charge in [-0.25, -0.2) is 15.0 Å². The maximum Gasteiger partial charge on any atom is 0.136 e. The van der Waals surface area contributed by atoms with Gasteiger partial charge in [0, 0.05) is 12.8 Å². The average molecular weight is 692 g/mol. The summed E-state index contributed by atoms with van der Waals surface area (Å²) in [7, 11) is 0. The molecule has 6 aromatic carbocycles. The van der Waals surface area contributed by atoms with Crippen LogP contribution in [0.2, 0.25) is 0 Å². The largest absolute Gasteiger partial charge is 0.218 e. The number of hydrogen-bond acceptors (Lipinski definition) is 11. The third kappa shape index (κ3) is 10.4. The normalized spacial score (nSPS) is 11.7. The molecule has 0 amide bonds. The van der Waals surface area contributed by atoms with Gasteiger partial charge in [0.05, 0.1) is 45.5 Å². The lowest BCUT2D eigenvalue weighted by molar-refractivity contribution is 0.818. The molecule has 53 heavy (non-hydrogen) atoms. The standard InChI is InChI=1S/C42H33N11/c1-30-43-41(28-31-12-16-35(17-13-31)48-52-39-24-20-37(21-25-39)50-46-33-8-4-2-5-9-33)45-42(44-30)29-32-14-18-36(19-15-32)49-53-40-26-22-38(23-27-40)51-47-34-10-6-3-7-11-34/h2-27H,28-29H2,1H3. The molecular formula is C42H33N11. The van der Waals surface area contributed by atoms with Crippen LogP contribution in [0.1, 0.15) is 28.6 Å². The summed E-state index contributed by atoms with van der Waals surface area (Å²) in [4.78, 5) is 13.9. The van der Waals surface area contributed by atoms with Gasteiger partial charge in [0.15, 0.2) is 0 Å². The number of hydrogen-bond donors (Lipinski definition) is 0.